The molecule has 1 aliphatic carbocycles. The molecular weight excluding hydrogens is 352 g/mol. The first kappa shape index (κ1) is 19.1. The Morgan fingerprint density at radius 2 is 1.96 bits per heavy atom. The number of hydrogen-bond donors (Lipinski definition) is 1. The molecule has 1 atom stereocenters. The summed E-state index contributed by atoms with van der Waals surface area (Å²) in [5.74, 6) is 2.32. The predicted octanol–water partition coefficient (Wildman–Crippen LogP) is 3.61. The predicted molar refractivity (Wildman–Crippen MR) is 107 cm³/mol. The van der Waals surface area contributed by atoms with Crippen LogP contribution in [0.2, 0.25) is 0 Å². The van der Waals surface area contributed by atoms with Crippen molar-refractivity contribution in [2.24, 2.45) is 5.92 Å². The highest BCUT2D eigenvalue weighted by Crippen LogP contribution is 2.29. The van der Waals surface area contributed by atoms with Crippen LogP contribution in [0.25, 0.3) is 0 Å². The van der Waals surface area contributed by atoms with Crippen LogP contribution >= 0.6 is 0 Å². The van der Waals surface area contributed by atoms with Crippen molar-refractivity contribution in [3.63, 3.8) is 0 Å². The Bertz CT molecular complexity index is 764. The van der Waals surface area contributed by atoms with Crippen molar-refractivity contribution in [3.05, 3.63) is 47.6 Å². The van der Waals surface area contributed by atoms with Gasteiger partial charge in [0.15, 0.2) is 5.82 Å². The van der Waals surface area contributed by atoms with Crippen LogP contribution in [0.1, 0.15) is 67.8 Å². The van der Waals surface area contributed by atoms with Crippen molar-refractivity contribution in [3.8, 4) is 0 Å². The lowest BCUT2D eigenvalue weighted by Crippen LogP contribution is -2.39. The second kappa shape index (κ2) is 8.86. The third-order valence-electron chi connectivity index (χ3n) is 6.21. The SMILES string of the molecule is Cc1noc(C2CCN(CCC(NC(=O)C3CCC3)c3ccccc3)CC2)n1. The highest BCUT2D eigenvalue weighted by atomic mass is 16.5. The maximum Gasteiger partial charge on any atom is 0.229 e. The number of carbonyl (C=O) groups excluding carboxylic acids is 1. The monoisotopic (exact) mass is 382 g/mol. The fourth-order valence-corrected chi connectivity index (χ4v) is 4.16. The highest BCUT2D eigenvalue weighted by Gasteiger charge is 2.28. The number of aryl methyl sites for hydroxylation is 1. The van der Waals surface area contributed by atoms with Gasteiger partial charge in [0.05, 0.1) is 6.04 Å². The molecule has 2 heterocycles. The Labute approximate surface area is 166 Å². The second-order valence-corrected chi connectivity index (χ2v) is 8.18. The van der Waals surface area contributed by atoms with Crippen molar-refractivity contribution < 1.29 is 9.32 Å². The number of rotatable bonds is 7. The van der Waals surface area contributed by atoms with Crippen LogP contribution in [0.3, 0.4) is 0 Å². The van der Waals surface area contributed by atoms with E-state index in [1.54, 1.807) is 0 Å². The summed E-state index contributed by atoms with van der Waals surface area (Å²) >= 11 is 0. The first-order chi connectivity index (χ1) is 13.7. The summed E-state index contributed by atoms with van der Waals surface area (Å²) in [5.41, 5.74) is 1.20. The Morgan fingerprint density at radius 1 is 1.21 bits per heavy atom. The molecule has 1 aromatic heterocycles. The number of nitrogens with one attached hydrogen (secondary N) is 1. The molecule has 2 fully saturated rings. The quantitative estimate of drug-likeness (QED) is 0.792. The van der Waals surface area contributed by atoms with Crippen LogP contribution in [0.15, 0.2) is 34.9 Å². The molecule has 1 amide bonds. The van der Waals surface area contributed by atoms with Crippen molar-refractivity contribution in [1.82, 2.24) is 20.4 Å². The Balaban J connectivity index is 1.31. The van der Waals surface area contributed by atoms with E-state index in [2.05, 4.69) is 44.6 Å². The number of hydrogen-bond acceptors (Lipinski definition) is 5. The first-order valence-corrected chi connectivity index (χ1v) is 10.6. The molecule has 0 radical (unpaired) electrons. The Hall–Kier alpha value is -2.21. The van der Waals surface area contributed by atoms with E-state index in [-0.39, 0.29) is 17.9 Å². The summed E-state index contributed by atoms with van der Waals surface area (Å²) in [5, 5.41) is 7.23. The summed E-state index contributed by atoms with van der Waals surface area (Å²) < 4.78 is 5.35. The van der Waals surface area contributed by atoms with Crippen molar-refractivity contribution in [1.29, 1.82) is 0 Å². The van der Waals surface area contributed by atoms with Gasteiger partial charge in [-0.25, -0.2) is 0 Å². The molecular formula is C22H30N4O2. The lowest BCUT2D eigenvalue weighted by Gasteiger charge is -2.32. The number of nitrogens with zero attached hydrogens (tertiary/aromatic N) is 3. The summed E-state index contributed by atoms with van der Waals surface area (Å²) in [6.45, 7) is 4.91. The molecule has 6 nitrogen and oxygen atoms in total. The van der Waals surface area contributed by atoms with Gasteiger partial charge in [-0.1, -0.05) is 41.9 Å². The van der Waals surface area contributed by atoms with E-state index in [0.717, 1.165) is 57.6 Å². The van der Waals surface area contributed by atoms with Crippen LogP contribution in [-0.4, -0.2) is 40.6 Å². The van der Waals surface area contributed by atoms with Crippen LogP contribution in [0, 0.1) is 12.8 Å². The van der Waals surface area contributed by atoms with Crippen LogP contribution in [0.5, 0.6) is 0 Å². The molecule has 1 N–H and O–H groups in total. The molecule has 28 heavy (non-hydrogen) atoms. The van der Waals surface area contributed by atoms with Gasteiger partial charge in [-0.3, -0.25) is 4.79 Å². The van der Waals surface area contributed by atoms with Gasteiger partial charge in [0, 0.05) is 18.4 Å². The third kappa shape index (κ3) is 4.61. The van der Waals surface area contributed by atoms with Crippen LogP contribution < -0.4 is 5.32 Å². The van der Waals surface area contributed by atoms with Gasteiger partial charge in [-0.2, -0.15) is 4.98 Å². The van der Waals surface area contributed by atoms with E-state index in [4.69, 9.17) is 4.52 Å². The maximum absolute atomic E-state index is 12.5. The summed E-state index contributed by atoms with van der Waals surface area (Å²) in [4.78, 5) is 19.4. The number of piperidine rings is 1. The summed E-state index contributed by atoms with van der Waals surface area (Å²) in [6, 6.07) is 10.5. The molecule has 1 aromatic carbocycles. The summed E-state index contributed by atoms with van der Waals surface area (Å²) in [7, 11) is 0. The fourth-order valence-electron chi connectivity index (χ4n) is 4.16. The van der Waals surface area contributed by atoms with Crippen LogP contribution in [0.4, 0.5) is 0 Å². The molecule has 1 unspecified atom stereocenters. The van der Waals surface area contributed by atoms with Crippen molar-refractivity contribution in [2.45, 2.75) is 57.4 Å². The van der Waals surface area contributed by atoms with E-state index >= 15 is 0 Å². The fraction of sp³-hybridized carbons (Fsp3) is 0.591. The first-order valence-electron chi connectivity index (χ1n) is 10.6. The Kier molecular flexibility index (Phi) is 6.05. The lowest BCUT2D eigenvalue weighted by molar-refractivity contribution is -0.128. The van der Waals surface area contributed by atoms with Crippen molar-refractivity contribution in [2.75, 3.05) is 19.6 Å². The average molecular weight is 383 g/mol. The van der Waals surface area contributed by atoms with Gasteiger partial charge < -0.3 is 14.7 Å². The zero-order chi connectivity index (χ0) is 19.3. The zero-order valence-corrected chi connectivity index (χ0v) is 16.6. The van der Waals surface area contributed by atoms with Gasteiger partial charge >= 0.3 is 0 Å². The smallest absolute Gasteiger partial charge is 0.229 e. The van der Waals surface area contributed by atoms with Gasteiger partial charge in [0.25, 0.3) is 0 Å². The third-order valence-corrected chi connectivity index (χ3v) is 6.21. The molecule has 1 saturated heterocycles. The van der Waals surface area contributed by atoms with E-state index in [9.17, 15) is 4.79 Å². The zero-order valence-electron chi connectivity index (χ0n) is 16.6. The molecule has 6 heteroatoms. The van der Waals surface area contributed by atoms with Gasteiger partial charge in [0.2, 0.25) is 11.8 Å². The van der Waals surface area contributed by atoms with Gasteiger partial charge in [-0.05, 0) is 57.7 Å². The molecule has 2 aliphatic rings. The average Bonchev–Trinajstić information content (AvgIpc) is 3.11. The van der Waals surface area contributed by atoms with E-state index in [1.807, 2.05) is 13.0 Å². The van der Waals surface area contributed by atoms with E-state index in [1.165, 1.54) is 12.0 Å². The molecule has 1 saturated carbocycles. The number of benzene rings is 1. The Morgan fingerprint density at radius 3 is 2.57 bits per heavy atom. The number of likely N-dealkylation sites (tertiary alicyclic amines) is 1. The normalized spacial score (nSPS) is 19.9. The second-order valence-electron chi connectivity index (χ2n) is 8.18. The molecule has 0 spiro atoms. The molecule has 150 valence electrons. The molecule has 1 aliphatic heterocycles. The number of amides is 1. The van der Waals surface area contributed by atoms with Crippen LogP contribution in [-0.2, 0) is 4.79 Å². The van der Waals surface area contributed by atoms with E-state index < -0.39 is 0 Å². The topological polar surface area (TPSA) is 71.3 Å². The standard InChI is InChI=1S/C22H30N4O2/c1-16-23-22(28-25-16)19-10-13-26(14-11-19)15-12-20(17-6-3-2-4-7-17)24-21(27)18-8-5-9-18/h2-4,6-7,18-20H,5,8-15H2,1H3,(H,24,27). The molecule has 0 bridgehead atoms. The van der Waals surface area contributed by atoms with E-state index in [0.29, 0.717) is 11.7 Å². The molecule has 2 aromatic rings. The summed E-state index contributed by atoms with van der Waals surface area (Å²) in [6.07, 6.45) is 6.29. The van der Waals surface area contributed by atoms with Crippen molar-refractivity contribution >= 4 is 5.91 Å². The van der Waals surface area contributed by atoms with Gasteiger partial charge in [0.1, 0.15) is 0 Å². The largest absolute Gasteiger partial charge is 0.349 e. The molecule has 4 rings (SSSR count). The van der Waals surface area contributed by atoms with Gasteiger partial charge in [-0.15, -0.1) is 0 Å². The minimum atomic E-state index is 0.0885. The lowest BCUT2D eigenvalue weighted by atomic mass is 9.84. The maximum atomic E-state index is 12.5. The minimum absolute atomic E-state index is 0.0885. The highest BCUT2D eigenvalue weighted by molar-refractivity contribution is 5.79. The number of carbonyl (C=O) groups is 1. The minimum Gasteiger partial charge on any atom is -0.349 e. The number of aromatic nitrogens is 2.